The zero-order chi connectivity index (χ0) is 19.9. The smallest absolute Gasteiger partial charge is 0.326 e. The number of nitrogens with one attached hydrogen (secondary N) is 2. The fourth-order valence-corrected chi connectivity index (χ4v) is 4.44. The van der Waals surface area contributed by atoms with Crippen LogP contribution in [0.1, 0.15) is 12.8 Å². The number of hydrogen-bond donors (Lipinski definition) is 3. The molecule has 0 bridgehead atoms. The quantitative estimate of drug-likeness (QED) is 0.662. The normalized spacial score (nSPS) is 21.7. The molecule has 3 N–H and O–H groups in total. The fraction of sp³-hybridized carbons (Fsp3) is 0.438. The number of rotatable bonds is 4. The molecule has 0 saturated carbocycles. The van der Waals surface area contributed by atoms with Gasteiger partial charge in [0, 0.05) is 19.2 Å². The molecule has 1 atom stereocenters. The first kappa shape index (κ1) is 18.6. The second kappa shape index (κ2) is 7.02. The molecule has 1 aromatic heterocycles. The maximum absolute atomic E-state index is 15.1. The highest BCUT2D eigenvalue weighted by molar-refractivity contribution is 7.92. The number of nitrogens with zero attached hydrogens (tertiary/aromatic N) is 3. The third kappa shape index (κ3) is 3.40. The van der Waals surface area contributed by atoms with Crippen molar-refractivity contribution in [3.05, 3.63) is 18.1 Å². The molecule has 2 aliphatic rings. The van der Waals surface area contributed by atoms with E-state index in [1.807, 2.05) is 0 Å². The maximum atomic E-state index is 15.1. The number of aromatic nitrogens is 2. The number of carbonyl (C=O) groups is 1. The number of halogens is 1. The lowest BCUT2D eigenvalue weighted by atomic mass is 10.0. The van der Waals surface area contributed by atoms with E-state index in [4.69, 9.17) is 4.74 Å². The van der Waals surface area contributed by atoms with E-state index in [-0.39, 0.29) is 11.0 Å². The number of hydrogen-bond acceptors (Lipinski definition) is 8. The van der Waals surface area contributed by atoms with Crippen molar-refractivity contribution >= 4 is 38.7 Å². The van der Waals surface area contributed by atoms with Crippen molar-refractivity contribution in [1.29, 1.82) is 0 Å². The Balaban J connectivity index is 1.67. The highest BCUT2D eigenvalue weighted by atomic mass is 32.2. The molecular formula is C16H18FN5O5S. The molecule has 2 aromatic rings. The zero-order valence-electron chi connectivity index (χ0n) is 14.7. The Hall–Kier alpha value is -2.73. The van der Waals surface area contributed by atoms with E-state index < -0.39 is 39.9 Å². The van der Waals surface area contributed by atoms with Gasteiger partial charge < -0.3 is 15.2 Å². The Kier molecular flexibility index (Phi) is 4.67. The molecule has 3 heterocycles. The van der Waals surface area contributed by atoms with Crippen LogP contribution in [0, 0.1) is 11.7 Å². The Labute approximate surface area is 159 Å². The van der Waals surface area contributed by atoms with Gasteiger partial charge in [-0.15, -0.1) is 0 Å². The number of aromatic hydroxyl groups is 1. The molecule has 1 aromatic carbocycles. The average molecular weight is 411 g/mol. The van der Waals surface area contributed by atoms with Crippen LogP contribution in [0.5, 0.6) is 5.75 Å². The minimum Gasteiger partial charge on any atom is -0.506 e. The molecule has 2 aliphatic heterocycles. The van der Waals surface area contributed by atoms with Crippen molar-refractivity contribution in [3.63, 3.8) is 0 Å². The van der Waals surface area contributed by atoms with E-state index in [9.17, 15) is 18.3 Å². The molecule has 2 fully saturated rings. The molecule has 0 aliphatic carbocycles. The van der Waals surface area contributed by atoms with Gasteiger partial charge in [0.15, 0.2) is 5.82 Å². The second-order valence-corrected chi connectivity index (χ2v) is 8.28. The van der Waals surface area contributed by atoms with Crippen LogP contribution >= 0.6 is 0 Å². The highest BCUT2D eigenvalue weighted by Crippen LogP contribution is 2.37. The van der Waals surface area contributed by atoms with Gasteiger partial charge in [-0.3, -0.25) is 9.78 Å². The third-order valence-electron chi connectivity index (χ3n) is 4.63. The van der Waals surface area contributed by atoms with Gasteiger partial charge in [0.1, 0.15) is 29.3 Å². The number of amides is 1. The Morgan fingerprint density at radius 1 is 1.46 bits per heavy atom. The van der Waals surface area contributed by atoms with Gasteiger partial charge in [0.25, 0.3) is 5.91 Å². The van der Waals surface area contributed by atoms with Crippen LogP contribution in [0.25, 0.3) is 11.0 Å². The van der Waals surface area contributed by atoms with Crippen LogP contribution in [-0.2, 0) is 19.7 Å². The van der Waals surface area contributed by atoms with E-state index in [1.165, 1.54) is 6.20 Å². The van der Waals surface area contributed by atoms with Crippen LogP contribution in [0.4, 0.5) is 15.9 Å². The SMILES string of the molecule is O=C1CN(c2c(O)cc3ncc(NCC4CCCOC4)nc3c2F)S(=O)(=O)N1. The molecular weight excluding hydrogens is 393 g/mol. The highest BCUT2D eigenvalue weighted by Gasteiger charge is 2.38. The lowest BCUT2D eigenvalue weighted by Gasteiger charge is -2.22. The largest absolute Gasteiger partial charge is 0.506 e. The molecule has 4 rings (SSSR count). The summed E-state index contributed by atoms with van der Waals surface area (Å²) < 4.78 is 46.7. The maximum Gasteiger partial charge on any atom is 0.326 e. The van der Waals surface area contributed by atoms with Crippen LogP contribution in [0.15, 0.2) is 12.3 Å². The summed E-state index contributed by atoms with van der Waals surface area (Å²) in [4.78, 5) is 19.7. The van der Waals surface area contributed by atoms with Crippen molar-refractivity contribution in [1.82, 2.24) is 14.7 Å². The lowest BCUT2D eigenvalue weighted by Crippen LogP contribution is -2.30. The van der Waals surface area contributed by atoms with E-state index in [0.717, 1.165) is 25.5 Å². The number of benzene rings is 1. The van der Waals surface area contributed by atoms with Crippen molar-refractivity contribution in [2.45, 2.75) is 12.8 Å². The minimum atomic E-state index is -4.28. The summed E-state index contributed by atoms with van der Waals surface area (Å²) in [6.45, 7) is 1.33. The standard InChI is InChI=1S/C16H18FN5O5S/c17-14-15-10(4-11(23)16(14)22-7-13(24)21-28(22,25)26)18-6-12(20-15)19-5-9-2-1-3-27-8-9/h4,6,9,23H,1-3,5,7-8H2,(H,19,20)(H,21,24). The Bertz CT molecular complexity index is 1040. The zero-order valence-corrected chi connectivity index (χ0v) is 15.5. The monoisotopic (exact) mass is 411 g/mol. The molecule has 0 radical (unpaired) electrons. The minimum absolute atomic E-state index is 0.0566. The van der Waals surface area contributed by atoms with Gasteiger partial charge in [0.05, 0.1) is 18.3 Å². The van der Waals surface area contributed by atoms with Crippen molar-refractivity contribution < 1.29 is 27.4 Å². The summed E-state index contributed by atoms with van der Waals surface area (Å²) in [6, 6.07) is 1.11. The van der Waals surface area contributed by atoms with Crippen molar-refractivity contribution in [3.8, 4) is 5.75 Å². The number of phenols is 1. The van der Waals surface area contributed by atoms with Crippen molar-refractivity contribution in [2.75, 3.05) is 35.9 Å². The second-order valence-electron chi connectivity index (χ2n) is 6.68. The van der Waals surface area contributed by atoms with Crippen LogP contribution in [-0.4, -0.2) is 55.7 Å². The topological polar surface area (TPSA) is 134 Å². The van der Waals surface area contributed by atoms with E-state index in [2.05, 4.69) is 15.3 Å². The van der Waals surface area contributed by atoms with Gasteiger partial charge in [0.2, 0.25) is 0 Å². The molecule has 1 amide bonds. The Morgan fingerprint density at radius 3 is 2.96 bits per heavy atom. The van der Waals surface area contributed by atoms with Crippen LogP contribution in [0.2, 0.25) is 0 Å². The van der Waals surface area contributed by atoms with Crippen LogP contribution in [0.3, 0.4) is 0 Å². The molecule has 0 spiro atoms. The molecule has 10 nitrogen and oxygen atoms in total. The van der Waals surface area contributed by atoms with E-state index >= 15 is 4.39 Å². The molecule has 28 heavy (non-hydrogen) atoms. The summed E-state index contributed by atoms with van der Waals surface area (Å²) in [5.41, 5.74) is -0.800. The molecule has 150 valence electrons. The van der Waals surface area contributed by atoms with Gasteiger partial charge in [-0.1, -0.05) is 0 Å². The molecule has 2 saturated heterocycles. The summed E-state index contributed by atoms with van der Waals surface area (Å²) in [5, 5.41) is 13.2. The third-order valence-corrected chi connectivity index (χ3v) is 6.01. The Morgan fingerprint density at radius 2 is 2.29 bits per heavy atom. The molecule has 1 unspecified atom stereocenters. The summed E-state index contributed by atoms with van der Waals surface area (Å²) in [5.74, 6) is -1.94. The first-order valence-corrected chi connectivity index (χ1v) is 10.1. The summed E-state index contributed by atoms with van der Waals surface area (Å²) >= 11 is 0. The van der Waals surface area contributed by atoms with Gasteiger partial charge in [-0.05, 0) is 18.8 Å². The predicted molar refractivity (Wildman–Crippen MR) is 97.6 cm³/mol. The lowest BCUT2D eigenvalue weighted by molar-refractivity contribution is -0.117. The molecule has 12 heteroatoms. The van der Waals surface area contributed by atoms with Crippen molar-refractivity contribution in [2.24, 2.45) is 5.92 Å². The van der Waals surface area contributed by atoms with Gasteiger partial charge in [-0.2, -0.15) is 8.42 Å². The number of carbonyl (C=O) groups excluding carboxylic acids is 1. The average Bonchev–Trinajstić information content (AvgIpc) is 2.93. The van der Waals surface area contributed by atoms with E-state index in [0.29, 0.717) is 29.2 Å². The first-order valence-electron chi connectivity index (χ1n) is 8.68. The number of fused-ring (bicyclic) bond motifs is 1. The summed E-state index contributed by atoms with van der Waals surface area (Å²) in [6.07, 6.45) is 3.39. The van der Waals surface area contributed by atoms with E-state index in [1.54, 1.807) is 4.72 Å². The number of phenolic OH excluding ortho intramolecular Hbond substituents is 1. The first-order chi connectivity index (χ1) is 13.3. The van der Waals surface area contributed by atoms with Crippen LogP contribution < -0.4 is 14.3 Å². The van der Waals surface area contributed by atoms with Gasteiger partial charge in [-0.25, -0.2) is 18.4 Å². The number of ether oxygens (including phenoxy) is 1. The fourth-order valence-electron chi connectivity index (χ4n) is 3.27. The number of anilines is 2. The van der Waals surface area contributed by atoms with Gasteiger partial charge >= 0.3 is 10.2 Å². The predicted octanol–water partition coefficient (Wildman–Crippen LogP) is 0.494. The summed E-state index contributed by atoms with van der Waals surface area (Å²) in [7, 11) is -4.28.